The number of nitrogens with one attached hydrogen (secondary N) is 1. The smallest absolute Gasteiger partial charge is 0.290 e. The number of aryl methyl sites for hydroxylation is 4. The van der Waals surface area contributed by atoms with Gasteiger partial charge in [0.25, 0.3) is 11.5 Å². The molecular weight excluding hydrogens is 482 g/mol. The number of pyridine rings is 1. The highest BCUT2D eigenvalue weighted by Gasteiger charge is 2.22. The summed E-state index contributed by atoms with van der Waals surface area (Å²) in [4.78, 5) is 41.8. The van der Waals surface area contributed by atoms with E-state index in [2.05, 4.69) is 14.9 Å². The number of rotatable bonds is 6. The van der Waals surface area contributed by atoms with Gasteiger partial charge in [0.05, 0.1) is 16.8 Å². The summed E-state index contributed by atoms with van der Waals surface area (Å²) in [5.41, 5.74) is 11.2. The number of benzene rings is 2. The summed E-state index contributed by atoms with van der Waals surface area (Å²) in [6, 6.07) is 16.1. The van der Waals surface area contributed by atoms with E-state index in [4.69, 9.17) is 10.3 Å². The molecule has 3 aromatic heterocycles. The first kappa shape index (κ1) is 24.8. The van der Waals surface area contributed by atoms with Crippen LogP contribution in [0.1, 0.15) is 39.1 Å². The minimum Gasteiger partial charge on any atom is -0.381 e. The monoisotopic (exact) mass is 509 g/mol. The fourth-order valence-electron chi connectivity index (χ4n) is 4.99. The molecule has 0 saturated carbocycles. The molecular formula is C29H27N5O4. The van der Waals surface area contributed by atoms with Crippen molar-refractivity contribution < 1.29 is 14.1 Å². The maximum absolute atomic E-state index is 13.4. The molecule has 0 radical (unpaired) electrons. The summed E-state index contributed by atoms with van der Waals surface area (Å²) in [5, 5.41) is 3.75. The molecule has 9 heteroatoms. The lowest BCUT2D eigenvalue weighted by molar-refractivity contribution is 0.0995. The molecule has 0 bridgehead atoms. The van der Waals surface area contributed by atoms with Crippen LogP contribution >= 0.6 is 0 Å². The molecule has 2 aromatic carbocycles. The minimum atomic E-state index is -0.573. The van der Waals surface area contributed by atoms with Crippen LogP contribution in [-0.4, -0.2) is 26.1 Å². The van der Waals surface area contributed by atoms with Gasteiger partial charge in [-0.25, -0.2) is 4.98 Å². The third-order valence-corrected chi connectivity index (χ3v) is 6.73. The normalized spacial score (nSPS) is 11.2. The maximum atomic E-state index is 13.4. The van der Waals surface area contributed by atoms with Crippen molar-refractivity contribution in [3.63, 3.8) is 0 Å². The Morgan fingerprint density at radius 1 is 1.05 bits per heavy atom. The molecule has 0 aliphatic carbocycles. The lowest BCUT2D eigenvalue weighted by atomic mass is 10.0. The van der Waals surface area contributed by atoms with Gasteiger partial charge >= 0.3 is 0 Å². The van der Waals surface area contributed by atoms with E-state index in [-0.39, 0.29) is 11.3 Å². The first-order valence-corrected chi connectivity index (χ1v) is 12.2. The fourth-order valence-corrected chi connectivity index (χ4v) is 4.99. The number of carbonyl (C=O) groups is 2. The molecule has 192 valence electrons. The van der Waals surface area contributed by atoms with Gasteiger partial charge in [0.2, 0.25) is 5.91 Å². The van der Waals surface area contributed by atoms with Crippen LogP contribution in [-0.2, 0) is 13.6 Å². The standard InChI is InChI=1S/C29H27N5O4/c1-5-34-25(19-11-9-18(10-12-19)23-17(3)38-33(4)29(23)37)16(2)22-13-14-31-24(26(22)34)28(36)32-21-8-6-7-20(15-21)27(30)35/h6-15H,5H2,1-4H3,(H2,30,35)(H,32,36). The number of nitrogens with two attached hydrogens (primary N) is 1. The summed E-state index contributed by atoms with van der Waals surface area (Å²) in [6.45, 7) is 6.41. The quantitative estimate of drug-likeness (QED) is 0.345. The van der Waals surface area contributed by atoms with Gasteiger partial charge in [0.15, 0.2) is 5.69 Å². The number of aromatic nitrogens is 3. The molecule has 0 atom stereocenters. The number of primary amides is 1. The average molecular weight is 510 g/mol. The molecule has 0 aliphatic heterocycles. The zero-order valence-electron chi connectivity index (χ0n) is 21.5. The molecule has 3 N–H and O–H groups in total. The Morgan fingerprint density at radius 2 is 1.76 bits per heavy atom. The Kier molecular flexibility index (Phi) is 6.20. The molecule has 3 heterocycles. The van der Waals surface area contributed by atoms with Gasteiger partial charge in [-0.2, -0.15) is 4.74 Å². The number of anilines is 1. The van der Waals surface area contributed by atoms with Gasteiger partial charge in [-0.15, -0.1) is 0 Å². The van der Waals surface area contributed by atoms with E-state index in [1.165, 1.54) is 10.8 Å². The minimum absolute atomic E-state index is 0.183. The zero-order valence-corrected chi connectivity index (χ0v) is 21.5. The van der Waals surface area contributed by atoms with Gasteiger partial charge < -0.3 is 20.1 Å². The van der Waals surface area contributed by atoms with Gasteiger partial charge in [-0.3, -0.25) is 14.4 Å². The van der Waals surface area contributed by atoms with Crippen LogP contribution in [0.3, 0.4) is 0 Å². The van der Waals surface area contributed by atoms with Gasteiger partial charge in [0, 0.05) is 36.4 Å². The summed E-state index contributed by atoms with van der Waals surface area (Å²) in [5.74, 6) is -0.402. The van der Waals surface area contributed by atoms with E-state index < -0.39 is 11.8 Å². The Morgan fingerprint density at radius 3 is 2.39 bits per heavy atom. The van der Waals surface area contributed by atoms with Crippen molar-refractivity contribution in [1.82, 2.24) is 14.3 Å². The highest BCUT2D eigenvalue weighted by Crippen LogP contribution is 2.35. The molecule has 0 saturated heterocycles. The second kappa shape index (κ2) is 9.51. The first-order valence-electron chi connectivity index (χ1n) is 12.2. The number of nitrogens with zero attached hydrogens (tertiary/aromatic N) is 3. The van der Waals surface area contributed by atoms with Crippen molar-refractivity contribution in [3.8, 4) is 22.4 Å². The Bertz CT molecular complexity index is 1770. The van der Waals surface area contributed by atoms with E-state index >= 15 is 0 Å². The molecule has 0 spiro atoms. The lowest BCUT2D eigenvalue weighted by Gasteiger charge is -2.12. The van der Waals surface area contributed by atoms with Crippen LogP contribution in [0, 0.1) is 13.8 Å². The fraction of sp³-hybridized carbons (Fsp3) is 0.172. The highest BCUT2D eigenvalue weighted by molar-refractivity contribution is 6.12. The second-order valence-corrected chi connectivity index (χ2v) is 9.08. The summed E-state index contributed by atoms with van der Waals surface area (Å²) < 4.78 is 8.74. The number of amides is 2. The maximum Gasteiger partial charge on any atom is 0.290 e. The molecule has 5 aromatic rings. The first-order chi connectivity index (χ1) is 18.2. The average Bonchev–Trinajstić information content (AvgIpc) is 3.34. The molecule has 0 unspecified atom stereocenters. The zero-order chi connectivity index (χ0) is 27.1. The Labute approximate surface area is 218 Å². The van der Waals surface area contributed by atoms with Crippen molar-refractivity contribution >= 4 is 28.4 Å². The Hall–Kier alpha value is -4.92. The van der Waals surface area contributed by atoms with Gasteiger partial charge in [-0.05, 0) is 61.7 Å². The molecule has 2 amide bonds. The third kappa shape index (κ3) is 4.07. The van der Waals surface area contributed by atoms with E-state index in [1.54, 1.807) is 38.4 Å². The van der Waals surface area contributed by atoms with Crippen LogP contribution in [0.5, 0.6) is 0 Å². The number of fused-ring (bicyclic) bond motifs is 1. The van der Waals surface area contributed by atoms with Crippen LogP contribution in [0.25, 0.3) is 33.3 Å². The van der Waals surface area contributed by atoms with E-state index in [0.717, 1.165) is 33.3 Å². The predicted molar refractivity (Wildman–Crippen MR) is 146 cm³/mol. The molecule has 38 heavy (non-hydrogen) atoms. The molecule has 0 aliphatic rings. The third-order valence-electron chi connectivity index (χ3n) is 6.73. The van der Waals surface area contributed by atoms with Gasteiger partial charge in [-0.1, -0.05) is 30.3 Å². The van der Waals surface area contributed by atoms with E-state index in [0.29, 0.717) is 29.1 Å². The van der Waals surface area contributed by atoms with Crippen molar-refractivity contribution in [2.75, 3.05) is 5.32 Å². The van der Waals surface area contributed by atoms with E-state index in [1.807, 2.05) is 44.2 Å². The topological polar surface area (TPSA) is 125 Å². The number of carbonyl (C=O) groups excluding carboxylic acids is 2. The van der Waals surface area contributed by atoms with Crippen molar-refractivity contribution in [2.24, 2.45) is 12.8 Å². The highest BCUT2D eigenvalue weighted by atomic mass is 16.5. The summed E-state index contributed by atoms with van der Waals surface area (Å²) in [7, 11) is 1.59. The lowest BCUT2D eigenvalue weighted by Crippen LogP contribution is -2.17. The molecule has 0 fully saturated rings. The SMILES string of the molecule is CCn1c(-c2ccc(-c3c(C)on(C)c3=O)cc2)c(C)c2ccnc(C(=O)Nc3cccc(C(N)=O)c3)c21. The van der Waals surface area contributed by atoms with E-state index in [9.17, 15) is 14.4 Å². The number of hydrogen-bond donors (Lipinski definition) is 2. The molecule has 9 nitrogen and oxygen atoms in total. The van der Waals surface area contributed by atoms with Crippen molar-refractivity contribution in [3.05, 3.63) is 93.7 Å². The predicted octanol–water partition coefficient (Wildman–Crippen LogP) is 4.65. The Balaban J connectivity index is 1.58. The largest absolute Gasteiger partial charge is 0.381 e. The molecule has 5 rings (SSSR count). The van der Waals surface area contributed by atoms with Crippen LogP contribution in [0.15, 0.2) is 70.1 Å². The van der Waals surface area contributed by atoms with Crippen LogP contribution < -0.4 is 16.6 Å². The van der Waals surface area contributed by atoms with Crippen LogP contribution in [0.2, 0.25) is 0 Å². The second-order valence-electron chi connectivity index (χ2n) is 9.08. The summed E-state index contributed by atoms with van der Waals surface area (Å²) in [6.07, 6.45) is 1.62. The van der Waals surface area contributed by atoms with Crippen LogP contribution in [0.4, 0.5) is 5.69 Å². The summed E-state index contributed by atoms with van der Waals surface area (Å²) >= 11 is 0. The van der Waals surface area contributed by atoms with Crippen molar-refractivity contribution in [2.45, 2.75) is 27.3 Å². The van der Waals surface area contributed by atoms with Crippen molar-refractivity contribution in [1.29, 1.82) is 0 Å². The van der Waals surface area contributed by atoms with Gasteiger partial charge in [0.1, 0.15) is 5.76 Å². The number of hydrogen-bond acceptors (Lipinski definition) is 5.